The Morgan fingerprint density at radius 1 is 0.216 bits per heavy atom. The third-order valence-electron chi connectivity index (χ3n) is 21.1. The van der Waals surface area contributed by atoms with Crippen LogP contribution in [0.25, 0.3) is 21.5 Å². The van der Waals surface area contributed by atoms with E-state index >= 15 is 0 Å². The average molecular weight is 1510 g/mol. The van der Waals surface area contributed by atoms with Gasteiger partial charge in [0.15, 0.2) is 0 Å². The van der Waals surface area contributed by atoms with Gasteiger partial charge in [0, 0.05) is 10.8 Å². The number of fused-ring (bicyclic) bond motifs is 2. The van der Waals surface area contributed by atoms with Gasteiger partial charge < -0.3 is 9.11 Å². The maximum atomic E-state index is 12.3. The van der Waals surface area contributed by atoms with E-state index in [-0.39, 0.29) is 58.7 Å². The van der Waals surface area contributed by atoms with E-state index < -0.39 is 20.2 Å². The first-order chi connectivity index (χ1) is 47.0. The van der Waals surface area contributed by atoms with E-state index in [1.165, 1.54) is 370 Å². The summed E-state index contributed by atoms with van der Waals surface area (Å²) in [6, 6.07) is 19.2. The van der Waals surface area contributed by atoms with Crippen LogP contribution < -0.4 is 0 Å². The number of rotatable bonds is 66. The molecule has 0 aliphatic heterocycles. The van der Waals surface area contributed by atoms with Gasteiger partial charge in [-0.25, -0.2) is 16.8 Å². The molecule has 4 aromatic carbocycles. The van der Waals surface area contributed by atoms with Crippen LogP contribution >= 0.6 is 0 Å². The third-order valence-corrected chi connectivity index (χ3v) is 22.9. The summed E-state index contributed by atoms with van der Waals surface area (Å²) in [4.78, 5) is -0.0661. The van der Waals surface area contributed by atoms with Crippen LogP contribution in [0.2, 0.25) is 0 Å². The van der Waals surface area contributed by atoms with Gasteiger partial charge in [-0.15, -0.1) is 0 Å². The molecule has 0 saturated heterocycles. The van der Waals surface area contributed by atoms with Gasteiger partial charge >= 0.3 is 48.9 Å². The van der Waals surface area contributed by atoms with Crippen LogP contribution in [0, 0.1) is 0 Å². The largest absolute Gasteiger partial charge is 2.00 e. The molecule has 0 amide bonds. The summed E-state index contributed by atoms with van der Waals surface area (Å²) in [7, 11) is -9.06. The molecular formula is C88H150BaO6S2. The molecule has 0 saturated carbocycles. The van der Waals surface area contributed by atoms with Crippen LogP contribution in [0.15, 0.2) is 70.5 Å². The van der Waals surface area contributed by atoms with Crippen molar-refractivity contribution in [3.05, 3.63) is 82.9 Å². The molecule has 4 rings (SSSR count). The predicted molar refractivity (Wildman–Crippen MR) is 424 cm³/mol. The third kappa shape index (κ3) is 46.3. The minimum Gasteiger partial charge on any atom is -0.744 e. The molecule has 0 spiro atoms. The monoisotopic (exact) mass is 1500 g/mol. The molecular weight excluding hydrogens is 1350 g/mol. The molecule has 0 aromatic heterocycles. The molecule has 0 fully saturated rings. The Labute approximate surface area is 642 Å². The first-order valence-corrected chi connectivity index (χ1v) is 44.8. The van der Waals surface area contributed by atoms with Gasteiger partial charge in [-0.05, 0) is 96.5 Å². The molecule has 97 heavy (non-hydrogen) atoms. The van der Waals surface area contributed by atoms with Crippen LogP contribution in [0.1, 0.15) is 435 Å². The number of hydrogen-bond donors (Lipinski definition) is 0. The Morgan fingerprint density at radius 2 is 0.371 bits per heavy atom. The van der Waals surface area contributed by atoms with Crippen molar-refractivity contribution in [1.29, 1.82) is 0 Å². The van der Waals surface area contributed by atoms with Crippen LogP contribution in [0.5, 0.6) is 0 Å². The summed E-state index contributed by atoms with van der Waals surface area (Å²) >= 11 is 0. The van der Waals surface area contributed by atoms with Crippen molar-refractivity contribution in [2.75, 3.05) is 0 Å². The Bertz CT molecular complexity index is 2500. The van der Waals surface area contributed by atoms with Gasteiger partial charge in [0.25, 0.3) is 0 Å². The SMILES string of the molecule is CCCCCCCCCCCCCCCCCc1ccc(CCCCCCCCCCCCCCCCC)c2c(S(=O)(=O)[O-])cccc12.CCCCCCCCCCCCCCCCCc1ccc(CCCCCCCCCCCCCCCCC)c2c(S(=O)(=O)[O-])cccc12.[Ba+2]. The minimum absolute atomic E-state index is 0. The number of aryl methyl sites for hydroxylation is 4. The van der Waals surface area contributed by atoms with E-state index in [1.54, 1.807) is 12.1 Å². The maximum absolute atomic E-state index is 12.3. The Morgan fingerprint density at radius 3 is 0.546 bits per heavy atom. The quantitative estimate of drug-likeness (QED) is 0.0247. The maximum Gasteiger partial charge on any atom is 2.00 e. The Hall–Kier alpha value is -1.21. The van der Waals surface area contributed by atoms with Crippen molar-refractivity contribution in [2.24, 2.45) is 0 Å². The predicted octanol–water partition coefficient (Wildman–Crippen LogP) is 28.8. The van der Waals surface area contributed by atoms with Crippen molar-refractivity contribution in [2.45, 2.75) is 448 Å². The van der Waals surface area contributed by atoms with Crippen LogP contribution in [0.4, 0.5) is 0 Å². The zero-order chi connectivity index (χ0) is 69.1. The van der Waals surface area contributed by atoms with Crippen molar-refractivity contribution in [3.8, 4) is 0 Å². The number of hydrogen-bond acceptors (Lipinski definition) is 6. The fraction of sp³-hybridized carbons (Fsp3) is 0.773. The molecule has 4 aromatic rings. The zero-order valence-electron chi connectivity index (χ0n) is 64.0. The molecule has 552 valence electrons. The summed E-state index contributed by atoms with van der Waals surface area (Å²) in [5.74, 6) is 0. The van der Waals surface area contributed by atoms with E-state index in [0.29, 0.717) is 10.8 Å². The molecule has 0 unspecified atom stereocenters. The van der Waals surface area contributed by atoms with Gasteiger partial charge in [0.1, 0.15) is 20.2 Å². The molecule has 0 radical (unpaired) electrons. The number of unbranched alkanes of at least 4 members (excludes halogenated alkanes) is 56. The van der Waals surface area contributed by atoms with Gasteiger partial charge in [0.05, 0.1) is 9.79 Å². The molecule has 6 nitrogen and oxygen atoms in total. The molecule has 0 aliphatic rings. The summed E-state index contributed by atoms with van der Waals surface area (Å²) < 4.78 is 73.7. The van der Waals surface area contributed by atoms with E-state index in [2.05, 4.69) is 52.0 Å². The first-order valence-electron chi connectivity index (χ1n) is 42.0. The average Bonchev–Trinajstić information content (AvgIpc) is 0.780. The van der Waals surface area contributed by atoms with Gasteiger partial charge in [-0.1, -0.05) is 436 Å². The van der Waals surface area contributed by atoms with Crippen molar-refractivity contribution >= 4 is 90.7 Å². The molecule has 0 N–H and O–H groups in total. The van der Waals surface area contributed by atoms with Crippen LogP contribution in [-0.4, -0.2) is 74.8 Å². The fourth-order valence-electron chi connectivity index (χ4n) is 15.0. The Kier molecular flexibility index (Phi) is 59.9. The summed E-state index contributed by atoms with van der Waals surface area (Å²) in [6.07, 6.45) is 83.9. The molecule has 0 aliphatic carbocycles. The molecule has 9 heteroatoms. The van der Waals surface area contributed by atoms with Crippen LogP contribution in [-0.2, 0) is 45.9 Å². The second-order valence-electron chi connectivity index (χ2n) is 29.8. The van der Waals surface area contributed by atoms with E-state index in [4.69, 9.17) is 0 Å². The molecule has 0 atom stereocenters. The van der Waals surface area contributed by atoms with E-state index in [9.17, 15) is 25.9 Å². The van der Waals surface area contributed by atoms with Crippen LogP contribution in [0.3, 0.4) is 0 Å². The van der Waals surface area contributed by atoms with E-state index in [1.807, 2.05) is 12.1 Å². The van der Waals surface area contributed by atoms with Crippen molar-refractivity contribution in [1.82, 2.24) is 0 Å². The fourth-order valence-corrected chi connectivity index (χ4v) is 16.5. The summed E-state index contributed by atoms with van der Waals surface area (Å²) in [6.45, 7) is 9.12. The van der Waals surface area contributed by atoms with Crippen molar-refractivity contribution in [3.63, 3.8) is 0 Å². The van der Waals surface area contributed by atoms with E-state index in [0.717, 1.165) is 86.1 Å². The second-order valence-corrected chi connectivity index (χ2v) is 32.5. The van der Waals surface area contributed by atoms with Gasteiger partial charge in [-0.3, -0.25) is 0 Å². The topological polar surface area (TPSA) is 114 Å². The second kappa shape index (κ2) is 63.3. The minimum atomic E-state index is -4.53. The normalized spacial score (nSPS) is 11.9. The smallest absolute Gasteiger partial charge is 0.744 e. The number of benzene rings is 4. The first kappa shape index (κ1) is 91.9. The van der Waals surface area contributed by atoms with Gasteiger partial charge in [-0.2, -0.15) is 0 Å². The van der Waals surface area contributed by atoms with Crippen molar-refractivity contribution < 1.29 is 25.9 Å². The summed E-state index contributed by atoms with van der Waals surface area (Å²) in [5, 5.41) is 3.32. The van der Waals surface area contributed by atoms with Gasteiger partial charge in [0.2, 0.25) is 0 Å². The summed E-state index contributed by atoms with van der Waals surface area (Å²) in [5.41, 5.74) is 4.42. The molecule has 0 bridgehead atoms. The molecule has 0 heterocycles. The standard InChI is InChI=1S/2C44H76O3S.Ba/c2*1-3-5-7-9-11-13-15-17-19-21-23-25-27-29-31-34-40-38-39-41(44-42(40)36-33-37-43(44)48(45,46)47)35-32-30-28-26-24-22-20-18-16-14-12-10-8-6-4-2;/h2*33,36-39H,3-32,34-35H2,1-2H3,(H,45,46,47);/q;;+2/p-2. The Balaban J connectivity index is 0.000000653. The zero-order valence-corrected chi connectivity index (χ0v) is 70.1.